The molecule has 1 aromatic rings. The number of anilines is 1. The summed E-state index contributed by atoms with van der Waals surface area (Å²) >= 11 is 7.87. The molecule has 3 nitrogen and oxygen atoms in total. The normalized spacial score (nSPS) is 21.7. The van der Waals surface area contributed by atoms with Crippen LogP contribution in [0.5, 0.6) is 0 Å². The van der Waals surface area contributed by atoms with Gasteiger partial charge in [-0.2, -0.15) is 11.8 Å². The second kappa shape index (κ2) is 5.03. The van der Waals surface area contributed by atoms with Gasteiger partial charge in [-0.25, -0.2) is 4.98 Å². The van der Waals surface area contributed by atoms with Crippen molar-refractivity contribution < 1.29 is 0 Å². The minimum Gasteiger partial charge on any atom is -0.353 e. The van der Waals surface area contributed by atoms with Crippen LogP contribution in [0.1, 0.15) is 13.3 Å². The van der Waals surface area contributed by atoms with Crippen LogP contribution >= 0.6 is 23.4 Å². The minimum atomic E-state index is 0.471. The maximum Gasteiger partial charge on any atom is 0.149 e. The van der Waals surface area contributed by atoms with Gasteiger partial charge in [0.15, 0.2) is 0 Å². The first-order valence-electron chi connectivity index (χ1n) is 5.13. The number of thioether (sulfide) groups is 1. The standard InChI is InChI=1S/C10H14ClN3S/c1-2-8-7-14(3-4-15-8)10-6-12-5-9(11)13-10/h5-6,8H,2-4,7H2,1H3. The van der Waals surface area contributed by atoms with Crippen molar-refractivity contribution in [3.05, 3.63) is 17.5 Å². The fourth-order valence-corrected chi connectivity index (χ4v) is 2.98. The molecule has 1 unspecified atom stereocenters. The zero-order chi connectivity index (χ0) is 10.7. The van der Waals surface area contributed by atoms with Crippen LogP contribution < -0.4 is 4.90 Å². The summed E-state index contributed by atoms with van der Waals surface area (Å²) in [5.74, 6) is 2.06. The van der Waals surface area contributed by atoms with Crippen molar-refractivity contribution in [1.82, 2.24) is 9.97 Å². The zero-order valence-electron chi connectivity index (χ0n) is 8.69. The molecule has 0 radical (unpaired) electrons. The molecule has 82 valence electrons. The molecule has 15 heavy (non-hydrogen) atoms. The Kier molecular flexibility index (Phi) is 3.70. The molecule has 2 heterocycles. The Morgan fingerprint density at radius 1 is 1.60 bits per heavy atom. The Morgan fingerprint density at radius 2 is 2.47 bits per heavy atom. The highest BCUT2D eigenvalue weighted by Gasteiger charge is 2.20. The van der Waals surface area contributed by atoms with Crippen LogP contribution in [0.15, 0.2) is 12.4 Å². The van der Waals surface area contributed by atoms with E-state index < -0.39 is 0 Å². The Morgan fingerprint density at radius 3 is 3.20 bits per heavy atom. The van der Waals surface area contributed by atoms with Crippen molar-refractivity contribution in [2.75, 3.05) is 23.7 Å². The lowest BCUT2D eigenvalue weighted by Crippen LogP contribution is -2.38. The van der Waals surface area contributed by atoms with Gasteiger partial charge in [-0.1, -0.05) is 18.5 Å². The molecule has 0 bridgehead atoms. The quantitative estimate of drug-likeness (QED) is 0.798. The second-order valence-electron chi connectivity index (χ2n) is 3.55. The molecule has 1 atom stereocenters. The van der Waals surface area contributed by atoms with E-state index in [1.54, 1.807) is 12.4 Å². The molecule has 0 spiro atoms. The van der Waals surface area contributed by atoms with Gasteiger partial charge in [-0.15, -0.1) is 0 Å². The summed E-state index contributed by atoms with van der Waals surface area (Å²) in [5, 5.41) is 1.18. The molecule has 5 heteroatoms. The monoisotopic (exact) mass is 243 g/mol. The fourth-order valence-electron chi connectivity index (χ4n) is 1.66. The number of rotatable bonds is 2. The molecule has 2 rings (SSSR count). The maximum atomic E-state index is 5.83. The molecule has 0 aromatic carbocycles. The van der Waals surface area contributed by atoms with Crippen LogP contribution in [0.4, 0.5) is 5.82 Å². The average Bonchev–Trinajstić information content (AvgIpc) is 2.29. The van der Waals surface area contributed by atoms with Gasteiger partial charge >= 0.3 is 0 Å². The molecular formula is C10H14ClN3S. The average molecular weight is 244 g/mol. The predicted molar refractivity (Wildman–Crippen MR) is 65.8 cm³/mol. The number of hydrogen-bond acceptors (Lipinski definition) is 4. The largest absolute Gasteiger partial charge is 0.353 e. The highest BCUT2D eigenvalue weighted by molar-refractivity contribution is 8.00. The van der Waals surface area contributed by atoms with Gasteiger partial charge in [-0.3, -0.25) is 4.98 Å². The van der Waals surface area contributed by atoms with Crippen LogP contribution in [-0.4, -0.2) is 34.1 Å². The summed E-state index contributed by atoms with van der Waals surface area (Å²) in [6, 6.07) is 0. The van der Waals surface area contributed by atoms with Crippen molar-refractivity contribution in [2.24, 2.45) is 0 Å². The van der Waals surface area contributed by atoms with E-state index >= 15 is 0 Å². The molecule has 1 saturated heterocycles. The molecule has 0 aliphatic carbocycles. The van der Waals surface area contributed by atoms with Gasteiger partial charge in [0.05, 0.1) is 12.4 Å². The number of halogens is 1. The predicted octanol–water partition coefficient (Wildman–Crippen LogP) is 2.46. The Bertz CT molecular complexity index is 334. The van der Waals surface area contributed by atoms with Gasteiger partial charge in [0.25, 0.3) is 0 Å². The van der Waals surface area contributed by atoms with Crippen molar-refractivity contribution in [3.63, 3.8) is 0 Å². The number of nitrogens with zero attached hydrogens (tertiary/aromatic N) is 3. The van der Waals surface area contributed by atoms with Crippen molar-refractivity contribution >= 4 is 29.2 Å². The molecule has 0 saturated carbocycles. The van der Waals surface area contributed by atoms with Crippen LogP contribution in [-0.2, 0) is 0 Å². The van der Waals surface area contributed by atoms with Gasteiger partial charge in [0.2, 0.25) is 0 Å². The first-order chi connectivity index (χ1) is 7.29. The van der Waals surface area contributed by atoms with Crippen molar-refractivity contribution in [1.29, 1.82) is 0 Å². The second-order valence-corrected chi connectivity index (χ2v) is 5.34. The van der Waals surface area contributed by atoms with Gasteiger partial charge in [0.1, 0.15) is 11.0 Å². The Labute approximate surface area is 99.2 Å². The summed E-state index contributed by atoms with van der Waals surface area (Å²) in [6.07, 6.45) is 4.56. The van der Waals surface area contributed by atoms with E-state index in [1.807, 2.05) is 11.8 Å². The lowest BCUT2D eigenvalue weighted by Gasteiger charge is -2.32. The van der Waals surface area contributed by atoms with E-state index in [0.717, 1.165) is 24.7 Å². The SMILES string of the molecule is CCC1CN(c2cncc(Cl)n2)CCS1. The first-order valence-corrected chi connectivity index (χ1v) is 6.56. The molecule has 1 aromatic heterocycles. The van der Waals surface area contributed by atoms with Gasteiger partial charge in [0, 0.05) is 24.1 Å². The minimum absolute atomic E-state index is 0.471. The summed E-state index contributed by atoms with van der Waals surface area (Å²) in [4.78, 5) is 10.6. The summed E-state index contributed by atoms with van der Waals surface area (Å²) < 4.78 is 0. The highest BCUT2D eigenvalue weighted by Crippen LogP contribution is 2.24. The van der Waals surface area contributed by atoms with E-state index in [1.165, 1.54) is 6.42 Å². The lowest BCUT2D eigenvalue weighted by molar-refractivity contribution is 0.718. The third-order valence-electron chi connectivity index (χ3n) is 2.51. The van der Waals surface area contributed by atoms with Crippen molar-refractivity contribution in [2.45, 2.75) is 18.6 Å². The zero-order valence-corrected chi connectivity index (χ0v) is 10.3. The van der Waals surface area contributed by atoms with Crippen LogP contribution in [0, 0.1) is 0 Å². The van der Waals surface area contributed by atoms with E-state index in [2.05, 4.69) is 21.8 Å². The summed E-state index contributed by atoms with van der Waals surface area (Å²) in [7, 11) is 0. The molecular weight excluding hydrogens is 230 g/mol. The number of aromatic nitrogens is 2. The third-order valence-corrected chi connectivity index (χ3v) is 4.06. The van der Waals surface area contributed by atoms with E-state index in [-0.39, 0.29) is 0 Å². The van der Waals surface area contributed by atoms with Gasteiger partial charge in [-0.05, 0) is 6.42 Å². The van der Waals surface area contributed by atoms with Crippen LogP contribution in [0.25, 0.3) is 0 Å². The molecule has 0 N–H and O–H groups in total. The lowest BCUT2D eigenvalue weighted by atomic mass is 10.3. The van der Waals surface area contributed by atoms with Crippen LogP contribution in [0.3, 0.4) is 0 Å². The maximum absolute atomic E-state index is 5.83. The third kappa shape index (κ3) is 2.75. The van der Waals surface area contributed by atoms with E-state index in [0.29, 0.717) is 10.4 Å². The molecule has 0 amide bonds. The first kappa shape index (κ1) is 11.0. The number of hydrogen-bond donors (Lipinski definition) is 0. The smallest absolute Gasteiger partial charge is 0.149 e. The van der Waals surface area contributed by atoms with Gasteiger partial charge < -0.3 is 4.90 Å². The van der Waals surface area contributed by atoms with Crippen LogP contribution in [0.2, 0.25) is 5.15 Å². The molecule has 1 fully saturated rings. The van der Waals surface area contributed by atoms with Crippen molar-refractivity contribution in [3.8, 4) is 0 Å². The Balaban J connectivity index is 2.09. The fraction of sp³-hybridized carbons (Fsp3) is 0.600. The van der Waals surface area contributed by atoms with E-state index in [9.17, 15) is 0 Å². The van der Waals surface area contributed by atoms with E-state index in [4.69, 9.17) is 11.6 Å². The Hall–Kier alpha value is -0.480. The summed E-state index contributed by atoms with van der Waals surface area (Å²) in [6.45, 7) is 4.32. The highest BCUT2D eigenvalue weighted by atomic mass is 35.5. The summed E-state index contributed by atoms with van der Waals surface area (Å²) in [5.41, 5.74) is 0. The molecule has 1 aliphatic heterocycles. The topological polar surface area (TPSA) is 29.0 Å². The molecule has 1 aliphatic rings.